The van der Waals surface area contributed by atoms with Crippen LogP contribution in [0.15, 0.2) is 43.0 Å². The fraction of sp³-hybridized carbons (Fsp3) is 0.526. The number of nitrogens with one attached hydrogen (secondary N) is 1. The van der Waals surface area contributed by atoms with Gasteiger partial charge >= 0.3 is 0 Å². The highest BCUT2D eigenvalue weighted by molar-refractivity contribution is 5.77. The lowest BCUT2D eigenvalue weighted by atomic mass is 9.98. The second-order valence-corrected chi connectivity index (χ2v) is 6.80. The molecule has 1 saturated heterocycles. The van der Waals surface area contributed by atoms with Gasteiger partial charge in [0.15, 0.2) is 0 Å². The molecule has 1 aromatic heterocycles. The summed E-state index contributed by atoms with van der Waals surface area (Å²) >= 11 is 0. The molecule has 1 aromatic carbocycles. The van der Waals surface area contributed by atoms with Crippen LogP contribution in [-0.4, -0.2) is 51.8 Å². The third-order valence-electron chi connectivity index (χ3n) is 4.69. The topological polar surface area (TPSA) is 63.1 Å². The summed E-state index contributed by atoms with van der Waals surface area (Å²) in [5.41, 5.74) is 1.32. The van der Waals surface area contributed by atoms with E-state index < -0.39 is 0 Å². The van der Waals surface area contributed by atoms with Gasteiger partial charge in [-0.05, 0) is 43.7 Å². The fourth-order valence-corrected chi connectivity index (χ4v) is 3.46. The number of carbonyl (C=O) groups excluding carboxylic acids is 1. The van der Waals surface area contributed by atoms with Crippen molar-refractivity contribution >= 4 is 5.91 Å². The average Bonchev–Trinajstić information content (AvgIpc) is 3.13. The van der Waals surface area contributed by atoms with Crippen molar-refractivity contribution in [1.29, 1.82) is 0 Å². The summed E-state index contributed by atoms with van der Waals surface area (Å²) < 4.78 is 1.89. The molecule has 0 bridgehead atoms. The van der Waals surface area contributed by atoms with Crippen LogP contribution in [0.4, 0.5) is 0 Å². The van der Waals surface area contributed by atoms with Crippen molar-refractivity contribution in [2.24, 2.45) is 5.92 Å². The summed E-state index contributed by atoms with van der Waals surface area (Å²) in [6.45, 7) is 4.08. The third kappa shape index (κ3) is 5.98. The summed E-state index contributed by atoms with van der Waals surface area (Å²) in [6.07, 6.45) is 7.65. The first-order chi connectivity index (χ1) is 12.3. The van der Waals surface area contributed by atoms with Gasteiger partial charge in [-0.3, -0.25) is 14.4 Å². The number of aryl methyl sites for hydroxylation is 1. The lowest BCUT2D eigenvalue weighted by molar-refractivity contribution is -0.122. The van der Waals surface area contributed by atoms with E-state index in [1.807, 2.05) is 10.7 Å². The number of nitrogens with zero attached hydrogens (tertiary/aromatic N) is 4. The molecular formula is C19H27N5O. The zero-order chi connectivity index (χ0) is 17.3. The Bertz CT molecular complexity index is 629. The Morgan fingerprint density at radius 3 is 2.96 bits per heavy atom. The van der Waals surface area contributed by atoms with Crippen LogP contribution in [0.2, 0.25) is 0 Å². The van der Waals surface area contributed by atoms with E-state index in [1.54, 1.807) is 12.7 Å². The zero-order valence-electron chi connectivity index (χ0n) is 14.7. The molecule has 2 heterocycles. The first-order valence-corrected chi connectivity index (χ1v) is 9.15. The van der Waals surface area contributed by atoms with Crippen molar-refractivity contribution < 1.29 is 4.79 Å². The van der Waals surface area contributed by atoms with Crippen LogP contribution in [-0.2, 0) is 17.8 Å². The summed E-state index contributed by atoms with van der Waals surface area (Å²) in [5.74, 6) is 0.677. The summed E-state index contributed by atoms with van der Waals surface area (Å²) in [4.78, 5) is 18.4. The molecule has 3 rings (SSSR count). The molecule has 0 saturated carbocycles. The second-order valence-electron chi connectivity index (χ2n) is 6.80. The van der Waals surface area contributed by atoms with Gasteiger partial charge in [0.05, 0.1) is 6.54 Å². The van der Waals surface area contributed by atoms with Gasteiger partial charge in [0.25, 0.3) is 0 Å². The van der Waals surface area contributed by atoms with Gasteiger partial charge in [-0.1, -0.05) is 30.3 Å². The molecule has 25 heavy (non-hydrogen) atoms. The average molecular weight is 341 g/mol. The van der Waals surface area contributed by atoms with Crippen LogP contribution in [0.25, 0.3) is 0 Å². The first-order valence-electron chi connectivity index (χ1n) is 9.15. The molecule has 1 fully saturated rings. The molecular weight excluding hydrogens is 314 g/mol. The first kappa shape index (κ1) is 17.6. The Kier molecular flexibility index (Phi) is 6.56. The number of hydrogen-bond acceptors (Lipinski definition) is 4. The number of carbonyl (C=O) groups is 1. The zero-order valence-corrected chi connectivity index (χ0v) is 14.7. The van der Waals surface area contributed by atoms with Crippen LogP contribution in [0.1, 0.15) is 24.8 Å². The van der Waals surface area contributed by atoms with E-state index in [0.717, 1.165) is 45.4 Å². The van der Waals surface area contributed by atoms with E-state index >= 15 is 0 Å². The van der Waals surface area contributed by atoms with Gasteiger partial charge < -0.3 is 5.32 Å². The molecule has 1 aliphatic heterocycles. The van der Waals surface area contributed by atoms with E-state index in [2.05, 4.69) is 44.6 Å². The number of rotatable bonds is 8. The predicted octanol–water partition coefficient (Wildman–Crippen LogP) is 1.74. The minimum atomic E-state index is 0.134. The largest absolute Gasteiger partial charge is 0.355 e. The molecule has 2 aromatic rings. The Morgan fingerprint density at radius 2 is 2.16 bits per heavy atom. The third-order valence-corrected chi connectivity index (χ3v) is 4.69. The van der Waals surface area contributed by atoms with Gasteiger partial charge in [0.2, 0.25) is 5.91 Å². The van der Waals surface area contributed by atoms with E-state index in [4.69, 9.17) is 0 Å². The van der Waals surface area contributed by atoms with E-state index in [1.165, 1.54) is 12.0 Å². The highest BCUT2D eigenvalue weighted by atomic mass is 16.2. The second kappa shape index (κ2) is 9.32. The number of benzene rings is 1. The predicted molar refractivity (Wildman–Crippen MR) is 97.0 cm³/mol. The minimum absolute atomic E-state index is 0.134. The molecule has 1 amide bonds. The minimum Gasteiger partial charge on any atom is -0.355 e. The van der Waals surface area contributed by atoms with Crippen molar-refractivity contribution in [2.45, 2.75) is 32.2 Å². The number of amides is 1. The molecule has 0 radical (unpaired) electrons. The number of hydrogen-bond donors (Lipinski definition) is 1. The van der Waals surface area contributed by atoms with Crippen molar-refractivity contribution in [3.8, 4) is 0 Å². The Labute approximate surface area is 149 Å². The molecule has 134 valence electrons. The van der Waals surface area contributed by atoms with Crippen LogP contribution in [0, 0.1) is 5.92 Å². The summed E-state index contributed by atoms with van der Waals surface area (Å²) in [6, 6.07) is 10.4. The van der Waals surface area contributed by atoms with Crippen LogP contribution < -0.4 is 5.32 Å². The molecule has 6 nitrogen and oxygen atoms in total. The quantitative estimate of drug-likeness (QED) is 0.743. The maximum atomic E-state index is 12.2. The molecule has 0 unspecified atom stereocenters. The SMILES string of the molecule is O=C(CN1CCC[C@@H](Cn2cncn2)C1)NCCCc1ccccc1. The van der Waals surface area contributed by atoms with E-state index in [-0.39, 0.29) is 5.91 Å². The Balaban J connectivity index is 1.33. The Hall–Kier alpha value is -2.21. The Morgan fingerprint density at radius 1 is 1.28 bits per heavy atom. The van der Waals surface area contributed by atoms with Crippen molar-refractivity contribution in [3.05, 3.63) is 48.5 Å². The number of piperidine rings is 1. The maximum absolute atomic E-state index is 12.2. The van der Waals surface area contributed by atoms with Crippen LogP contribution >= 0.6 is 0 Å². The molecule has 1 atom stereocenters. The standard InChI is InChI=1S/C19H27N5O/c25-19(21-10-4-8-17-6-2-1-3-7-17)14-23-11-5-9-18(12-23)13-24-16-20-15-22-24/h1-3,6-7,15-16,18H,4-5,8-14H2,(H,21,25)/t18-/m1/s1. The number of aromatic nitrogens is 3. The van der Waals surface area contributed by atoms with E-state index in [0.29, 0.717) is 12.5 Å². The lowest BCUT2D eigenvalue weighted by Gasteiger charge is -2.32. The van der Waals surface area contributed by atoms with Gasteiger partial charge in [-0.2, -0.15) is 5.10 Å². The molecule has 0 spiro atoms. The molecule has 1 N–H and O–H groups in total. The number of likely N-dealkylation sites (tertiary alicyclic amines) is 1. The van der Waals surface area contributed by atoms with Crippen molar-refractivity contribution in [1.82, 2.24) is 25.0 Å². The fourth-order valence-electron chi connectivity index (χ4n) is 3.46. The van der Waals surface area contributed by atoms with Crippen LogP contribution in [0.3, 0.4) is 0 Å². The summed E-state index contributed by atoms with van der Waals surface area (Å²) in [7, 11) is 0. The lowest BCUT2D eigenvalue weighted by Crippen LogP contribution is -2.43. The van der Waals surface area contributed by atoms with Crippen molar-refractivity contribution in [3.63, 3.8) is 0 Å². The maximum Gasteiger partial charge on any atom is 0.234 e. The molecule has 0 aliphatic carbocycles. The van der Waals surface area contributed by atoms with Crippen molar-refractivity contribution in [2.75, 3.05) is 26.2 Å². The van der Waals surface area contributed by atoms with Gasteiger partial charge in [0.1, 0.15) is 12.7 Å². The molecule has 6 heteroatoms. The highest BCUT2D eigenvalue weighted by Crippen LogP contribution is 2.17. The smallest absolute Gasteiger partial charge is 0.234 e. The van der Waals surface area contributed by atoms with E-state index in [9.17, 15) is 4.79 Å². The monoisotopic (exact) mass is 341 g/mol. The van der Waals surface area contributed by atoms with Crippen LogP contribution in [0.5, 0.6) is 0 Å². The molecule has 1 aliphatic rings. The highest BCUT2D eigenvalue weighted by Gasteiger charge is 2.22. The summed E-state index contributed by atoms with van der Waals surface area (Å²) in [5, 5.41) is 7.23. The van der Waals surface area contributed by atoms with Gasteiger partial charge in [-0.15, -0.1) is 0 Å². The normalized spacial score (nSPS) is 18.2. The van der Waals surface area contributed by atoms with Gasteiger partial charge in [0, 0.05) is 19.6 Å². The van der Waals surface area contributed by atoms with Gasteiger partial charge in [-0.25, -0.2) is 4.98 Å².